The number of hydrogen-bond acceptors (Lipinski definition) is 6. The number of halogens is 2. The molecule has 8 heteroatoms. The molecule has 6 nitrogen and oxygen atoms in total. The van der Waals surface area contributed by atoms with Gasteiger partial charge in [0.05, 0.1) is 10.7 Å². The second kappa shape index (κ2) is 8.52. The van der Waals surface area contributed by atoms with Gasteiger partial charge in [-0.15, -0.1) is 0 Å². The summed E-state index contributed by atoms with van der Waals surface area (Å²) >= 11 is 6.44. The Hall–Kier alpha value is -1.96. The highest BCUT2D eigenvalue weighted by Crippen LogP contribution is 2.57. The van der Waals surface area contributed by atoms with E-state index in [9.17, 15) is 4.39 Å². The Morgan fingerprint density at radius 1 is 1.26 bits per heavy atom. The van der Waals surface area contributed by atoms with E-state index in [0.29, 0.717) is 28.7 Å². The lowest BCUT2D eigenvalue weighted by Crippen LogP contribution is -2.33. The number of nitrogens with one attached hydrogen (secondary N) is 2. The summed E-state index contributed by atoms with van der Waals surface area (Å²) in [5, 5.41) is 7.23. The van der Waals surface area contributed by atoms with Crippen molar-refractivity contribution in [1.29, 1.82) is 0 Å². The fourth-order valence-electron chi connectivity index (χ4n) is 4.94. The van der Waals surface area contributed by atoms with Crippen molar-refractivity contribution in [3.63, 3.8) is 0 Å². The highest BCUT2D eigenvalue weighted by atomic mass is 35.5. The normalized spacial score (nSPS) is 29.8. The van der Waals surface area contributed by atoms with Gasteiger partial charge in [0.1, 0.15) is 5.82 Å². The molecule has 1 aliphatic heterocycles. The molecule has 2 unspecified atom stereocenters. The zero-order valence-corrected chi connectivity index (χ0v) is 18.3. The van der Waals surface area contributed by atoms with Gasteiger partial charge in [-0.2, -0.15) is 0 Å². The average Bonchev–Trinajstić information content (AvgIpc) is 3.51. The summed E-state index contributed by atoms with van der Waals surface area (Å²) in [7, 11) is 0. The summed E-state index contributed by atoms with van der Waals surface area (Å²) in [6.45, 7) is 2.31. The minimum atomic E-state index is -0.355. The van der Waals surface area contributed by atoms with Crippen LogP contribution >= 0.6 is 11.6 Å². The van der Waals surface area contributed by atoms with Gasteiger partial charge in [-0.3, -0.25) is 0 Å². The molecule has 4 N–H and O–H groups in total. The van der Waals surface area contributed by atoms with Gasteiger partial charge in [0.25, 0.3) is 0 Å². The zero-order valence-electron chi connectivity index (χ0n) is 17.5. The van der Waals surface area contributed by atoms with E-state index in [0.717, 1.165) is 69.7 Å². The Labute approximate surface area is 187 Å². The van der Waals surface area contributed by atoms with Crippen molar-refractivity contribution in [1.82, 2.24) is 9.97 Å². The van der Waals surface area contributed by atoms with Crippen LogP contribution in [0.15, 0.2) is 24.4 Å². The van der Waals surface area contributed by atoms with Gasteiger partial charge in [-0.1, -0.05) is 11.6 Å². The molecule has 3 fully saturated rings. The smallest absolute Gasteiger partial charge is 0.165 e. The standard InChI is InChI=1S/C23H29ClFN5O/c24-18-11-27-21(29-16-3-1-15(26)2-4-16)9-17(18)20-6-5-19(25)22(30-20)28-13-23-7-8-31-12-14(23)10-23/h5-6,9,11,14-16H,1-4,7-8,10,12-13,26H2,(H,27,29)(H,28,30)/t14?,15-,16-,23?. The largest absolute Gasteiger partial charge is 0.381 e. The maximum Gasteiger partial charge on any atom is 0.165 e. The Balaban J connectivity index is 1.32. The molecule has 2 atom stereocenters. The second-order valence-electron chi connectivity index (χ2n) is 9.27. The molecule has 2 saturated carbocycles. The van der Waals surface area contributed by atoms with E-state index in [1.807, 2.05) is 6.07 Å². The second-order valence-corrected chi connectivity index (χ2v) is 9.68. The maximum absolute atomic E-state index is 14.5. The van der Waals surface area contributed by atoms with Crippen LogP contribution in [-0.4, -0.2) is 41.8 Å². The lowest BCUT2D eigenvalue weighted by Gasteiger charge is -2.27. The van der Waals surface area contributed by atoms with Gasteiger partial charge in [0.15, 0.2) is 11.6 Å². The third-order valence-corrected chi connectivity index (χ3v) is 7.43. The van der Waals surface area contributed by atoms with E-state index in [2.05, 4.69) is 20.6 Å². The van der Waals surface area contributed by atoms with E-state index in [1.165, 1.54) is 6.07 Å². The van der Waals surface area contributed by atoms with Gasteiger partial charge in [0.2, 0.25) is 0 Å². The molecule has 1 saturated heterocycles. The fourth-order valence-corrected chi connectivity index (χ4v) is 5.14. The molecule has 0 aromatic carbocycles. The summed E-state index contributed by atoms with van der Waals surface area (Å²) in [6, 6.07) is 5.66. The van der Waals surface area contributed by atoms with Crippen molar-refractivity contribution in [3.8, 4) is 11.3 Å². The van der Waals surface area contributed by atoms with Crippen molar-refractivity contribution in [2.45, 2.75) is 50.6 Å². The molecule has 3 aliphatic rings. The van der Waals surface area contributed by atoms with E-state index in [4.69, 9.17) is 22.1 Å². The highest BCUT2D eigenvalue weighted by molar-refractivity contribution is 6.33. The number of hydrogen-bond donors (Lipinski definition) is 3. The molecule has 31 heavy (non-hydrogen) atoms. The average molecular weight is 446 g/mol. The number of nitrogens with zero attached hydrogens (tertiary/aromatic N) is 2. The third-order valence-electron chi connectivity index (χ3n) is 7.13. The molecular formula is C23H29ClFN5O. The summed E-state index contributed by atoms with van der Waals surface area (Å²) in [5.41, 5.74) is 7.61. The van der Waals surface area contributed by atoms with Gasteiger partial charge in [-0.25, -0.2) is 14.4 Å². The first-order valence-electron chi connectivity index (χ1n) is 11.2. The Morgan fingerprint density at radius 2 is 2.10 bits per heavy atom. The minimum Gasteiger partial charge on any atom is -0.381 e. The molecule has 2 aromatic rings. The first-order chi connectivity index (χ1) is 15.0. The van der Waals surface area contributed by atoms with E-state index >= 15 is 0 Å². The number of ether oxygens (including phenoxy) is 1. The number of fused-ring (bicyclic) bond motifs is 1. The van der Waals surface area contributed by atoms with Crippen molar-refractivity contribution in [3.05, 3.63) is 35.2 Å². The highest BCUT2D eigenvalue weighted by Gasteiger charge is 2.55. The molecule has 5 rings (SSSR count). The lowest BCUT2D eigenvalue weighted by atomic mass is 9.92. The number of nitrogens with two attached hydrogens (primary N) is 1. The summed E-state index contributed by atoms with van der Waals surface area (Å²) in [6.07, 6.45) is 7.86. The number of aromatic nitrogens is 2. The van der Waals surface area contributed by atoms with Crippen LogP contribution in [0.3, 0.4) is 0 Å². The van der Waals surface area contributed by atoms with Crippen molar-refractivity contribution < 1.29 is 9.13 Å². The zero-order chi connectivity index (χ0) is 21.4. The van der Waals surface area contributed by atoms with Crippen LogP contribution in [0, 0.1) is 17.2 Å². The first-order valence-corrected chi connectivity index (χ1v) is 11.6. The molecule has 0 bridgehead atoms. The van der Waals surface area contributed by atoms with Gasteiger partial charge >= 0.3 is 0 Å². The summed E-state index contributed by atoms with van der Waals surface area (Å²) < 4.78 is 20.0. The minimum absolute atomic E-state index is 0.232. The van der Waals surface area contributed by atoms with Crippen molar-refractivity contribution in [2.24, 2.45) is 17.1 Å². The maximum atomic E-state index is 14.5. The first kappa shape index (κ1) is 20.9. The van der Waals surface area contributed by atoms with Crippen LogP contribution in [0.2, 0.25) is 5.02 Å². The van der Waals surface area contributed by atoms with Gasteiger partial charge < -0.3 is 21.1 Å². The number of rotatable bonds is 6. The predicted molar refractivity (Wildman–Crippen MR) is 121 cm³/mol. The van der Waals surface area contributed by atoms with Crippen LogP contribution < -0.4 is 16.4 Å². The lowest BCUT2D eigenvalue weighted by molar-refractivity contribution is 0.0650. The van der Waals surface area contributed by atoms with E-state index in [1.54, 1.807) is 12.3 Å². The van der Waals surface area contributed by atoms with Crippen molar-refractivity contribution >= 4 is 23.2 Å². The summed E-state index contributed by atoms with van der Waals surface area (Å²) in [5.74, 6) is 1.25. The van der Waals surface area contributed by atoms with Crippen LogP contribution in [0.5, 0.6) is 0 Å². The van der Waals surface area contributed by atoms with Crippen molar-refractivity contribution in [2.75, 3.05) is 30.4 Å². The monoisotopic (exact) mass is 445 g/mol. The molecule has 3 heterocycles. The molecule has 2 aromatic heterocycles. The third kappa shape index (κ3) is 4.49. The molecule has 0 radical (unpaired) electrons. The summed E-state index contributed by atoms with van der Waals surface area (Å²) in [4.78, 5) is 8.99. The number of anilines is 2. The molecule has 2 aliphatic carbocycles. The molecule has 0 spiro atoms. The van der Waals surface area contributed by atoms with Gasteiger partial charge in [0, 0.05) is 43.6 Å². The topological polar surface area (TPSA) is 85.1 Å². The Morgan fingerprint density at radius 3 is 2.90 bits per heavy atom. The fraction of sp³-hybridized carbons (Fsp3) is 0.565. The Kier molecular flexibility index (Phi) is 5.75. The van der Waals surface area contributed by atoms with Crippen LogP contribution in [-0.2, 0) is 4.74 Å². The van der Waals surface area contributed by atoms with E-state index < -0.39 is 0 Å². The quantitative estimate of drug-likeness (QED) is 0.608. The predicted octanol–water partition coefficient (Wildman–Crippen LogP) is 4.46. The van der Waals surface area contributed by atoms with E-state index in [-0.39, 0.29) is 17.1 Å². The van der Waals surface area contributed by atoms with Gasteiger partial charge in [-0.05, 0) is 68.1 Å². The Bertz CT molecular complexity index is 952. The van der Waals surface area contributed by atoms with Crippen LogP contribution in [0.1, 0.15) is 38.5 Å². The molecular weight excluding hydrogens is 417 g/mol. The van der Waals surface area contributed by atoms with Crippen LogP contribution in [0.4, 0.5) is 16.0 Å². The molecule has 166 valence electrons. The SMILES string of the molecule is N[C@H]1CC[C@H](Nc2cc(-c3ccc(F)c(NCC45CCOCC4C5)n3)c(Cl)cn2)CC1. The number of pyridine rings is 2. The molecule has 0 amide bonds. The van der Waals surface area contributed by atoms with Crippen LogP contribution in [0.25, 0.3) is 11.3 Å².